The SMILES string of the molecule is COc1cc(OC)cc(C2CCCC(C(=O)c3[nH]ncc3[N+](=O)[O-])C(=O)C2)c1. The highest BCUT2D eigenvalue weighted by Gasteiger charge is 2.36. The molecule has 1 fully saturated rings. The van der Waals surface area contributed by atoms with E-state index in [2.05, 4.69) is 10.2 Å². The first-order valence-electron chi connectivity index (χ1n) is 8.92. The van der Waals surface area contributed by atoms with Crippen LogP contribution in [-0.2, 0) is 4.79 Å². The monoisotopic (exact) mass is 387 g/mol. The molecule has 2 aromatic rings. The lowest BCUT2D eigenvalue weighted by molar-refractivity contribution is -0.385. The van der Waals surface area contributed by atoms with Crippen LogP contribution in [-0.4, -0.2) is 40.9 Å². The third-order valence-electron chi connectivity index (χ3n) is 5.11. The van der Waals surface area contributed by atoms with Gasteiger partial charge in [0.15, 0.2) is 11.5 Å². The van der Waals surface area contributed by atoms with Gasteiger partial charge in [0.2, 0.25) is 0 Å². The van der Waals surface area contributed by atoms with Gasteiger partial charge in [-0.3, -0.25) is 24.8 Å². The molecular weight excluding hydrogens is 366 g/mol. The minimum atomic E-state index is -0.906. The van der Waals surface area contributed by atoms with Crippen LogP contribution in [0.25, 0.3) is 0 Å². The van der Waals surface area contributed by atoms with E-state index in [1.54, 1.807) is 20.3 Å². The number of benzene rings is 1. The maximum absolute atomic E-state index is 12.8. The summed E-state index contributed by atoms with van der Waals surface area (Å²) in [6.45, 7) is 0. The summed E-state index contributed by atoms with van der Waals surface area (Å²) in [5.74, 6) is -0.516. The van der Waals surface area contributed by atoms with Crippen LogP contribution < -0.4 is 9.47 Å². The molecule has 2 atom stereocenters. The summed E-state index contributed by atoms with van der Waals surface area (Å²) in [6.07, 6.45) is 2.88. The molecule has 0 saturated heterocycles. The lowest BCUT2D eigenvalue weighted by atomic mass is 9.88. The highest BCUT2D eigenvalue weighted by molar-refractivity contribution is 6.11. The van der Waals surface area contributed by atoms with Crippen molar-refractivity contribution >= 4 is 17.3 Å². The summed E-state index contributed by atoms with van der Waals surface area (Å²) < 4.78 is 10.6. The maximum Gasteiger partial charge on any atom is 0.317 e. The van der Waals surface area contributed by atoms with Crippen molar-refractivity contribution in [1.29, 1.82) is 0 Å². The number of nitro groups is 1. The Morgan fingerprint density at radius 1 is 1.21 bits per heavy atom. The zero-order chi connectivity index (χ0) is 20.3. The fourth-order valence-electron chi connectivity index (χ4n) is 3.62. The van der Waals surface area contributed by atoms with Crippen molar-refractivity contribution in [2.45, 2.75) is 31.6 Å². The van der Waals surface area contributed by atoms with Crippen molar-refractivity contribution in [3.63, 3.8) is 0 Å². The van der Waals surface area contributed by atoms with Crippen molar-refractivity contribution in [2.24, 2.45) is 5.92 Å². The van der Waals surface area contributed by atoms with E-state index >= 15 is 0 Å². The number of H-pyrrole nitrogens is 1. The Labute approximate surface area is 161 Å². The van der Waals surface area contributed by atoms with Crippen LogP contribution in [0.2, 0.25) is 0 Å². The Morgan fingerprint density at radius 2 is 1.89 bits per heavy atom. The molecule has 1 saturated carbocycles. The fourth-order valence-corrected chi connectivity index (χ4v) is 3.62. The highest BCUT2D eigenvalue weighted by Crippen LogP contribution is 2.37. The fraction of sp³-hybridized carbons (Fsp3) is 0.421. The first kappa shape index (κ1) is 19.5. The van der Waals surface area contributed by atoms with E-state index < -0.39 is 22.3 Å². The van der Waals surface area contributed by atoms with Crippen molar-refractivity contribution in [3.8, 4) is 11.5 Å². The molecule has 9 nitrogen and oxygen atoms in total. The van der Waals surface area contributed by atoms with E-state index in [9.17, 15) is 19.7 Å². The van der Waals surface area contributed by atoms with Crippen LogP contribution in [0.1, 0.15) is 47.7 Å². The number of nitrogens with zero attached hydrogens (tertiary/aromatic N) is 2. The number of nitrogens with one attached hydrogen (secondary N) is 1. The third-order valence-corrected chi connectivity index (χ3v) is 5.11. The van der Waals surface area contributed by atoms with E-state index in [1.165, 1.54) is 0 Å². The first-order valence-corrected chi connectivity index (χ1v) is 8.92. The zero-order valence-electron chi connectivity index (χ0n) is 15.6. The quantitative estimate of drug-likeness (QED) is 0.265. The first-order chi connectivity index (χ1) is 13.4. The Kier molecular flexibility index (Phi) is 5.72. The Balaban J connectivity index is 1.83. The Hall–Kier alpha value is -3.23. The molecule has 2 unspecified atom stereocenters. The van der Waals surface area contributed by atoms with Gasteiger partial charge in [0.25, 0.3) is 0 Å². The van der Waals surface area contributed by atoms with Crippen molar-refractivity contribution < 1.29 is 24.0 Å². The number of hydrogen-bond acceptors (Lipinski definition) is 7. The third kappa shape index (κ3) is 3.88. The normalized spacial score (nSPS) is 19.7. The number of Topliss-reactive ketones (excluding diaryl/α,β-unsaturated/α-hetero) is 2. The lowest BCUT2D eigenvalue weighted by Gasteiger charge is -2.16. The predicted octanol–water partition coefficient (Wildman–Crippen LogP) is 3.06. The molecule has 9 heteroatoms. The van der Waals surface area contributed by atoms with Gasteiger partial charge in [0, 0.05) is 12.5 Å². The summed E-state index contributed by atoms with van der Waals surface area (Å²) in [7, 11) is 3.12. The number of aromatic amines is 1. The van der Waals surface area contributed by atoms with Crippen LogP contribution >= 0.6 is 0 Å². The van der Waals surface area contributed by atoms with Gasteiger partial charge in [-0.2, -0.15) is 5.10 Å². The van der Waals surface area contributed by atoms with Gasteiger partial charge in [0.1, 0.15) is 23.5 Å². The topological polar surface area (TPSA) is 124 Å². The van der Waals surface area contributed by atoms with Crippen LogP contribution in [0, 0.1) is 16.0 Å². The number of aromatic nitrogens is 2. The summed E-state index contributed by atoms with van der Waals surface area (Å²) in [4.78, 5) is 36.0. The number of ether oxygens (including phenoxy) is 2. The number of hydrogen-bond donors (Lipinski definition) is 1. The molecule has 0 aliphatic heterocycles. The molecule has 28 heavy (non-hydrogen) atoms. The second-order valence-corrected chi connectivity index (χ2v) is 6.75. The molecule has 0 bridgehead atoms. The van der Waals surface area contributed by atoms with Gasteiger partial charge < -0.3 is 9.47 Å². The second kappa shape index (κ2) is 8.20. The summed E-state index contributed by atoms with van der Waals surface area (Å²) in [5.41, 5.74) is 0.283. The van der Waals surface area contributed by atoms with Gasteiger partial charge in [0.05, 0.1) is 25.1 Å². The van der Waals surface area contributed by atoms with E-state index in [1.807, 2.05) is 12.1 Å². The molecule has 3 rings (SSSR count). The van der Waals surface area contributed by atoms with E-state index in [0.717, 1.165) is 18.2 Å². The molecule has 0 amide bonds. The van der Waals surface area contributed by atoms with Crippen molar-refractivity contribution in [3.05, 3.63) is 45.8 Å². The van der Waals surface area contributed by atoms with E-state index in [-0.39, 0.29) is 23.8 Å². The number of rotatable bonds is 6. The van der Waals surface area contributed by atoms with Crippen LogP contribution in [0.3, 0.4) is 0 Å². The second-order valence-electron chi connectivity index (χ2n) is 6.75. The molecule has 1 N–H and O–H groups in total. The van der Waals surface area contributed by atoms with Crippen LogP contribution in [0.4, 0.5) is 5.69 Å². The highest BCUT2D eigenvalue weighted by atomic mass is 16.6. The van der Waals surface area contributed by atoms with Gasteiger partial charge in [-0.15, -0.1) is 0 Å². The van der Waals surface area contributed by atoms with Gasteiger partial charge >= 0.3 is 5.69 Å². The Morgan fingerprint density at radius 3 is 2.50 bits per heavy atom. The molecular formula is C19H21N3O6. The Bertz CT molecular complexity index is 885. The minimum absolute atomic E-state index is 0.0777. The van der Waals surface area contributed by atoms with E-state index in [4.69, 9.17) is 9.47 Å². The largest absolute Gasteiger partial charge is 0.497 e. The van der Waals surface area contributed by atoms with Crippen molar-refractivity contribution in [2.75, 3.05) is 14.2 Å². The number of carbonyl (C=O) groups is 2. The van der Waals surface area contributed by atoms with Crippen LogP contribution in [0.5, 0.6) is 11.5 Å². The predicted molar refractivity (Wildman–Crippen MR) is 98.8 cm³/mol. The molecule has 1 aromatic heterocycles. The maximum atomic E-state index is 12.8. The number of carbonyl (C=O) groups excluding carboxylic acids is 2. The summed E-state index contributed by atoms with van der Waals surface area (Å²) in [6, 6.07) is 5.48. The molecule has 1 aliphatic rings. The standard InChI is InChI=1S/C19H21N3O6/c1-27-13-6-12(7-14(9-13)28-2)11-4-3-5-15(17(23)8-11)19(24)18-16(22(25)26)10-20-21-18/h6-7,9-11,15H,3-5,8H2,1-2H3,(H,20,21). The van der Waals surface area contributed by atoms with Gasteiger partial charge in [-0.25, -0.2) is 0 Å². The van der Waals surface area contributed by atoms with Gasteiger partial charge in [-0.1, -0.05) is 6.42 Å². The molecule has 0 radical (unpaired) electrons. The smallest absolute Gasteiger partial charge is 0.317 e. The summed E-state index contributed by atoms with van der Waals surface area (Å²) >= 11 is 0. The molecule has 1 heterocycles. The average molecular weight is 387 g/mol. The lowest BCUT2D eigenvalue weighted by Crippen LogP contribution is -2.24. The zero-order valence-corrected chi connectivity index (χ0v) is 15.6. The molecule has 1 aliphatic carbocycles. The molecule has 0 spiro atoms. The number of ketones is 2. The number of methoxy groups -OCH3 is 2. The minimum Gasteiger partial charge on any atom is -0.497 e. The summed E-state index contributed by atoms with van der Waals surface area (Å²) in [5, 5.41) is 17.0. The van der Waals surface area contributed by atoms with E-state index in [0.29, 0.717) is 24.3 Å². The molecule has 148 valence electrons. The van der Waals surface area contributed by atoms with Crippen LogP contribution in [0.15, 0.2) is 24.4 Å². The molecule has 1 aromatic carbocycles. The van der Waals surface area contributed by atoms with Gasteiger partial charge in [-0.05, 0) is 36.5 Å². The average Bonchev–Trinajstić information content (AvgIpc) is 3.11. The van der Waals surface area contributed by atoms with Crippen molar-refractivity contribution in [1.82, 2.24) is 10.2 Å².